The Labute approximate surface area is 67.8 Å². The van der Waals surface area contributed by atoms with Gasteiger partial charge in [0.05, 0.1) is 0 Å². The molecule has 0 fully saturated rings. The maximum Gasteiger partial charge on any atom is 0.227 e. The van der Waals surface area contributed by atoms with Crippen molar-refractivity contribution in [1.29, 1.82) is 0 Å². The molecule has 0 aromatic rings. The summed E-state index contributed by atoms with van der Waals surface area (Å²) in [5.41, 5.74) is -0.332. The highest BCUT2D eigenvalue weighted by molar-refractivity contribution is 6.64. The van der Waals surface area contributed by atoms with Gasteiger partial charge in [-0.15, -0.1) is 0 Å². The maximum atomic E-state index is 10.9. The van der Waals surface area contributed by atoms with E-state index in [0.717, 1.165) is 6.42 Å². The summed E-state index contributed by atoms with van der Waals surface area (Å²) in [5, 5.41) is -0.218. The van der Waals surface area contributed by atoms with Gasteiger partial charge in [-0.25, -0.2) is 0 Å². The van der Waals surface area contributed by atoms with Gasteiger partial charge in [-0.05, 0) is 23.9 Å². The average molecular weight is 163 g/mol. The zero-order valence-corrected chi connectivity index (χ0v) is 7.83. The molecule has 60 valence electrons. The van der Waals surface area contributed by atoms with Crippen molar-refractivity contribution in [2.75, 3.05) is 0 Å². The number of hydrogen-bond acceptors (Lipinski definition) is 1. The molecule has 1 unspecified atom stereocenters. The highest BCUT2D eigenvalue weighted by Crippen LogP contribution is 2.32. The van der Waals surface area contributed by atoms with E-state index in [9.17, 15) is 4.79 Å². The molecular weight excluding hydrogens is 148 g/mol. The van der Waals surface area contributed by atoms with Gasteiger partial charge < -0.3 is 0 Å². The van der Waals surface area contributed by atoms with Gasteiger partial charge in [0.1, 0.15) is 0 Å². The van der Waals surface area contributed by atoms with Gasteiger partial charge in [-0.2, -0.15) is 0 Å². The molecule has 2 heteroatoms. The van der Waals surface area contributed by atoms with Crippen LogP contribution in [0.3, 0.4) is 0 Å². The predicted molar refractivity (Wildman–Crippen MR) is 44.1 cm³/mol. The van der Waals surface area contributed by atoms with Crippen molar-refractivity contribution in [3.8, 4) is 0 Å². The van der Waals surface area contributed by atoms with Crippen LogP contribution in [0, 0.1) is 11.3 Å². The van der Waals surface area contributed by atoms with E-state index in [-0.39, 0.29) is 10.7 Å². The second-order valence-electron chi connectivity index (χ2n) is 3.20. The molecule has 0 rings (SSSR count). The summed E-state index contributed by atoms with van der Waals surface area (Å²) in [6, 6.07) is 0. The highest BCUT2D eigenvalue weighted by atomic mass is 35.5. The Morgan fingerprint density at radius 3 is 2.00 bits per heavy atom. The van der Waals surface area contributed by atoms with Crippen LogP contribution in [0.4, 0.5) is 0 Å². The number of carbonyl (C=O) groups excluding carboxylic acids is 1. The monoisotopic (exact) mass is 162 g/mol. The second-order valence-corrected chi connectivity index (χ2v) is 3.54. The molecule has 0 N–H and O–H groups in total. The Kier molecular flexibility index (Phi) is 3.37. The van der Waals surface area contributed by atoms with E-state index in [1.807, 2.05) is 27.7 Å². The van der Waals surface area contributed by atoms with E-state index in [2.05, 4.69) is 0 Å². The van der Waals surface area contributed by atoms with E-state index < -0.39 is 0 Å². The van der Waals surface area contributed by atoms with Crippen molar-refractivity contribution in [2.45, 2.75) is 34.1 Å². The van der Waals surface area contributed by atoms with Crippen molar-refractivity contribution < 1.29 is 4.79 Å². The van der Waals surface area contributed by atoms with Crippen molar-refractivity contribution in [3.63, 3.8) is 0 Å². The Morgan fingerprint density at radius 2 is 2.00 bits per heavy atom. The molecule has 0 aliphatic heterocycles. The molecule has 0 heterocycles. The molecule has 0 aromatic heterocycles. The summed E-state index contributed by atoms with van der Waals surface area (Å²) in [7, 11) is 0. The topological polar surface area (TPSA) is 17.1 Å². The van der Waals surface area contributed by atoms with E-state index in [1.54, 1.807) is 0 Å². The SMILES string of the molecule is CCC(C)(C(=O)Cl)C(C)C. The van der Waals surface area contributed by atoms with Crippen molar-refractivity contribution in [3.05, 3.63) is 0 Å². The van der Waals surface area contributed by atoms with Crippen LogP contribution in [0.25, 0.3) is 0 Å². The van der Waals surface area contributed by atoms with Gasteiger partial charge in [-0.3, -0.25) is 4.79 Å². The van der Waals surface area contributed by atoms with Crippen molar-refractivity contribution >= 4 is 16.8 Å². The van der Waals surface area contributed by atoms with Crippen LogP contribution in [0.1, 0.15) is 34.1 Å². The average Bonchev–Trinajstić information content (AvgIpc) is 1.85. The van der Waals surface area contributed by atoms with Crippen LogP contribution in [0.5, 0.6) is 0 Å². The van der Waals surface area contributed by atoms with Gasteiger partial charge in [0, 0.05) is 5.41 Å². The first-order valence-corrected chi connectivity index (χ1v) is 4.03. The molecule has 0 amide bonds. The fourth-order valence-electron chi connectivity index (χ4n) is 0.774. The molecule has 0 saturated heterocycles. The second kappa shape index (κ2) is 3.38. The van der Waals surface area contributed by atoms with E-state index in [0.29, 0.717) is 5.92 Å². The number of rotatable bonds is 3. The third kappa shape index (κ3) is 1.72. The molecule has 0 aromatic carbocycles. The Bertz CT molecular complexity index is 131. The van der Waals surface area contributed by atoms with Crippen LogP contribution in [0.15, 0.2) is 0 Å². The maximum absolute atomic E-state index is 10.9. The van der Waals surface area contributed by atoms with Crippen molar-refractivity contribution in [2.24, 2.45) is 11.3 Å². The lowest BCUT2D eigenvalue weighted by atomic mass is 9.78. The summed E-state index contributed by atoms with van der Waals surface area (Å²) in [6.45, 7) is 7.93. The zero-order chi connectivity index (χ0) is 8.36. The first-order chi connectivity index (χ1) is 4.45. The largest absolute Gasteiger partial charge is 0.281 e. The number of hydrogen-bond donors (Lipinski definition) is 0. The molecular formula is C8H15ClO. The number of halogens is 1. The van der Waals surface area contributed by atoms with Gasteiger partial charge in [0.2, 0.25) is 5.24 Å². The lowest BCUT2D eigenvalue weighted by Crippen LogP contribution is -2.28. The smallest absolute Gasteiger partial charge is 0.227 e. The first-order valence-electron chi connectivity index (χ1n) is 3.65. The quantitative estimate of drug-likeness (QED) is 0.584. The van der Waals surface area contributed by atoms with Crippen LogP contribution in [-0.2, 0) is 4.79 Å². The molecule has 0 spiro atoms. The standard InChI is InChI=1S/C8H15ClO/c1-5-8(4,6(2)3)7(9)10/h6H,5H2,1-4H3. The van der Waals surface area contributed by atoms with Crippen LogP contribution >= 0.6 is 11.6 Å². The molecule has 10 heavy (non-hydrogen) atoms. The summed E-state index contributed by atoms with van der Waals surface area (Å²) in [6.07, 6.45) is 0.812. The molecule has 0 radical (unpaired) electrons. The molecule has 0 saturated carbocycles. The molecule has 0 bridgehead atoms. The minimum absolute atomic E-state index is 0.218. The van der Waals surface area contributed by atoms with E-state index >= 15 is 0 Å². The normalized spacial score (nSPS) is 17.0. The minimum atomic E-state index is -0.332. The van der Waals surface area contributed by atoms with E-state index in [1.165, 1.54) is 0 Å². The molecule has 0 aliphatic carbocycles. The minimum Gasteiger partial charge on any atom is -0.281 e. The summed E-state index contributed by atoms with van der Waals surface area (Å²) >= 11 is 5.44. The van der Waals surface area contributed by atoms with Crippen LogP contribution in [-0.4, -0.2) is 5.24 Å². The van der Waals surface area contributed by atoms with Gasteiger partial charge in [0.25, 0.3) is 0 Å². The third-order valence-corrected chi connectivity index (χ3v) is 2.89. The lowest BCUT2D eigenvalue weighted by molar-refractivity contribution is -0.122. The highest BCUT2D eigenvalue weighted by Gasteiger charge is 2.32. The lowest BCUT2D eigenvalue weighted by Gasteiger charge is -2.27. The summed E-state index contributed by atoms with van der Waals surface area (Å²) in [5.74, 6) is 0.322. The fourth-order valence-corrected chi connectivity index (χ4v) is 1.13. The molecule has 1 atom stereocenters. The first kappa shape index (κ1) is 9.96. The van der Waals surface area contributed by atoms with Gasteiger partial charge in [0.15, 0.2) is 0 Å². The van der Waals surface area contributed by atoms with E-state index in [4.69, 9.17) is 11.6 Å². The zero-order valence-electron chi connectivity index (χ0n) is 7.07. The summed E-state index contributed by atoms with van der Waals surface area (Å²) < 4.78 is 0. The fraction of sp³-hybridized carbons (Fsp3) is 0.875. The Morgan fingerprint density at radius 1 is 1.60 bits per heavy atom. The van der Waals surface area contributed by atoms with Crippen LogP contribution < -0.4 is 0 Å². The Balaban J connectivity index is 4.38. The van der Waals surface area contributed by atoms with Crippen LogP contribution in [0.2, 0.25) is 0 Å². The van der Waals surface area contributed by atoms with Gasteiger partial charge >= 0.3 is 0 Å². The van der Waals surface area contributed by atoms with Crippen molar-refractivity contribution in [1.82, 2.24) is 0 Å². The summed E-state index contributed by atoms with van der Waals surface area (Å²) in [4.78, 5) is 10.9. The van der Waals surface area contributed by atoms with Gasteiger partial charge in [-0.1, -0.05) is 27.7 Å². The third-order valence-electron chi connectivity index (χ3n) is 2.46. The molecule has 1 nitrogen and oxygen atoms in total. The Hall–Kier alpha value is -0.0400. The molecule has 0 aliphatic rings. The predicted octanol–water partition coefficient (Wildman–Crippen LogP) is 2.82. The number of carbonyl (C=O) groups is 1.